The quantitative estimate of drug-likeness (QED) is 0.394. The van der Waals surface area contributed by atoms with Gasteiger partial charge in [-0.15, -0.1) is 0 Å². The van der Waals surface area contributed by atoms with Gasteiger partial charge in [-0.2, -0.15) is 5.10 Å². The lowest BCUT2D eigenvalue weighted by Gasteiger charge is -2.14. The van der Waals surface area contributed by atoms with Gasteiger partial charge in [0.2, 0.25) is 5.75 Å². The second-order valence-electron chi connectivity index (χ2n) is 7.47. The van der Waals surface area contributed by atoms with Crippen molar-refractivity contribution in [2.75, 3.05) is 33.8 Å². The fourth-order valence-corrected chi connectivity index (χ4v) is 3.61. The molecule has 0 aliphatic rings. The molecule has 2 heterocycles. The summed E-state index contributed by atoms with van der Waals surface area (Å²) in [5, 5.41) is 7.97. The van der Waals surface area contributed by atoms with E-state index in [0.717, 1.165) is 28.5 Å². The SMILES string of the molecule is COc1ccc(-n2nc(C)cc2Nc2ccnc(Cc3cc(OC)c(OC)c(OC)c3)n2)cc1. The highest BCUT2D eigenvalue weighted by Gasteiger charge is 2.15. The largest absolute Gasteiger partial charge is 0.497 e. The minimum atomic E-state index is 0.489. The third kappa shape index (κ3) is 4.88. The minimum Gasteiger partial charge on any atom is -0.497 e. The highest BCUT2D eigenvalue weighted by Crippen LogP contribution is 2.38. The highest BCUT2D eigenvalue weighted by atomic mass is 16.5. The molecule has 1 N–H and O–H groups in total. The molecule has 176 valence electrons. The molecule has 0 saturated heterocycles. The van der Waals surface area contributed by atoms with Gasteiger partial charge in [-0.05, 0) is 55.0 Å². The number of nitrogens with one attached hydrogen (secondary N) is 1. The number of rotatable bonds is 9. The van der Waals surface area contributed by atoms with Crippen molar-refractivity contribution < 1.29 is 18.9 Å². The van der Waals surface area contributed by atoms with Crippen LogP contribution >= 0.6 is 0 Å². The van der Waals surface area contributed by atoms with Gasteiger partial charge in [-0.1, -0.05) is 0 Å². The fraction of sp³-hybridized carbons (Fsp3) is 0.240. The molecule has 34 heavy (non-hydrogen) atoms. The predicted octanol–water partition coefficient (Wildman–Crippen LogP) is 4.34. The first kappa shape index (κ1) is 22.9. The second kappa shape index (κ2) is 10.1. The number of benzene rings is 2. The van der Waals surface area contributed by atoms with Crippen molar-refractivity contribution in [3.8, 4) is 28.7 Å². The molecule has 0 spiro atoms. The average Bonchev–Trinajstić information content (AvgIpc) is 3.23. The summed E-state index contributed by atoms with van der Waals surface area (Å²) in [6.07, 6.45) is 2.21. The molecule has 2 aromatic heterocycles. The van der Waals surface area contributed by atoms with E-state index in [1.807, 2.05) is 60.1 Å². The van der Waals surface area contributed by atoms with Gasteiger partial charge in [-0.25, -0.2) is 14.6 Å². The maximum absolute atomic E-state index is 5.46. The molecule has 9 nitrogen and oxygen atoms in total. The van der Waals surface area contributed by atoms with Crippen LogP contribution in [0.4, 0.5) is 11.6 Å². The van der Waals surface area contributed by atoms with Crippen LogP contribution < -0.4 is 24.3 Å². The van der Waals surface area contributed by atoms with Crippen LogP contribution in [0, 0.1) is 6.92 Å². The number of hydrogen-bond acceptors (Lipinski definition) is 8. The third-order valence-corrected chi connectivity index (χ3v) is 5.20. The molecule has 0 radical (unpaired) electrons. The molecule has 4 aromatic rings. The van der Waals surface area contributed by atoms with E-state index in [2.05, 4.69) is 15.4 Å². The number of aromatic nitrogens is 4. The van der Waals surface area contributed by atoms with Crippen LogP contribution in [-0.2, 0) is 6.42 Å². The van der Waals surface area contributed by atoms with Gasteiger partial charge in [0.25, 0.3) is 0 Å². The molecule has 0 saturated carbocycles. The van der Waals surface area contributed by atoms with Gasteiger partial charge >= 0.3 is 0 Å². The molecule has 2 aromatic carbocycles. The second-order valence-corrected chi connectivity index (χ2v) is 7.47. The van der Waals surface area contributed by atoms with Crippen LogP contribution in [0.2, 0.25) is 0 Å². The van der Waals surface area contributed by atoms with Crippen molar-refractivity contribution in [1.29, 1.82) is 0 Å². The van der Waals surface area contributed by atoms with Crippen molar-refractivity contribution in [3.05, 3.63) is 71.8 Å². The van der Waals surface area contributed by atoms with Crippen molar-refractivity contribution in [3.63, 3.8) is 0 Å². The van der Waals surface area contributed by atoms with Crippen LogP contribution in [0.3, 0.4) is 0 Å². The summed E-state index contributed by atoms with van der Waals surface area (Å²) in [7, 11) is 6.41. The van der Waals surface area contributed by atoms with Crippen LogP contribution in [0.5, 0.6) is 23.0 Å². The Morgan fingerprint density at radius 2 is 1.56 bits per heavy atom. The molecule has 0 unspecified atom stereocenters. The molecule has 4 rings (SSSR count). The van der Waals surface area contributed by atoms with Crippen molar-refractivity contribution in [2.45, 2.75) is 13.3 Å². The van der Waals surface area contributed by atoms with Gasteiger partial charge in [0.05, 0.1) is 39.8 Å². The zero-order valence-corrected chi connectivity index (χ0v) is 19.8. The first-order valence-electron chi connectivity index (χ1n) is 10.6. The highest BCUT2D eigenvalue weighted by molar-refractivity contribution is 5.57. The van der Waals surface area contributed by atoms with E-state index in [1.54, 1.807) is 34.6 Å². The van der Waals surface area contributed by atoms with Crippen molar-refractivity contribution in [1.82, 2.24) is 19.7 Å². The zero-order chi connectivity index (χ0) is 24.1. The Morgan fingerprint density at radius 3 is 2.18 bits per heavy atom. The standard InChI is InChI=1S/C25H27N5O4/c1-16-12-24(30(29-16)18-6-8-19(31-2)9-7-18)28-22-10-11-26-23(27-22)15-17-13-20(32-3)25(34-5)21(14-17)33-4/h6-14H,15H2,1-5H3,(H,26,27,28). The molecule has 0 aliphatic heterocycles. The molecule has 0 amide bonds. The summed E-state index contributed by atoms with van der Waals surface area (Å²) in [4.78, 5) is 9.13. The van der Waals surface area contributed by atoms with Gasteiger partial charge in [0.1, 0.15) is 23.2 Å². The molecule has 0 atom stereocenters. The maximum atomic E-state index is 5.46. The Labute approximate surface area is 198 Å². The molecular weight excluding hydrogens is 434 g/mol. The zero-order valence-electron chi connectivity index (χ0n) is 19.8. The van der Waals surface area contributed by atoms with Gasteiger partial charge in [0, 0.05) is 18.7 Å². The van der Waals surface area contributed by atoms with Crippen molar-refractivity contribution in [2.24, 2.45) is 0 Å². The summed E-state index contributed by atoms with van der Waals surface area (Å²) in [5.74, 6) is 4.61. The van der Waals surface area contributed by atoms with Gasteiger partial charge < -0.3 is 24.3 Å². The molecule has 0 aliphatic carbocycles. The number of ether oxygens (including phenoxy) is 4. The molecule has 0 fully saturated rings. The number of aryl methyl sites for hydroxylation is 1. The molecule has 0 bridgehead atoms. The van der Waals surface area contributed by atoms with E-state index in [4.69, 9.17) is 23.9 Å². The van der Waals surface area contributed by atoms with E-state index in [1.165, 1.54) is 0 Å². The van der Waals surface area contributed by atoms with Gasteiger partial charge in [0.15, 0.2) is 11.5 Å². The third-order valence-electron chi connectivity index (χ3n) is 5.20. The Balaban J connectivity index is 1.59. The van der Waals surface area contributed by atoms with Crippen LogP contribution in [-0.4, -0.2) is 48.2 Å². The number of methoxy groups -OCH3 is 4. The topological polar surface area (TPSA) is 92.6 Å². The summed E-state index contributed by atoms with van der Waals surface area (Å²) in [6.45, 7) is 1.95. The van der Waals surface area contributed by atoms with Crippen LogP contribution in [0.15, 0.2) is 54.7 Å². The fourth-order valence-electron chi connectivity index (χ4n) is 3.61. The van der Waals surface area contributed by atoms with E-state index >= 15 is 0 Å². The maximum Gasteiger partial charge on any atom is 0.203 e. The minimum absolute atomic E-state index is 0.489. The lowest BCUT2D eigenvalue weighted by atomic mass is 10.1. The molecule has 9 heteroatoms. The Hall–Kier alpha value is -4.27. The Kier molecular flexibility index (Phi) is 6.82. The van der Waals surface area contributed by atoms with E-state index in [0.29, 0.717) is 35.3 Å². The monoisotopic (exact) mass is 461 g/mol. The number of anilines is 2. The summed E-state index contributed by atoms with van der Waals surface area (Å²) >= 11 is 0. The van der Waals surface area contributed by atoms with Crippen LogP contribution in [0.1, 0.15) is 17.1 Å². The average molecular weight is 462 g/mol. The normalized spacial score (nSPS) is 10.6. The summed E-state index contributed by atoms with van der Waals surface area (Å²) in [6, 6.07) is 15.3. The van der Waals surface area contributed by atoms with E-state index in [-0.39, 0.29) is 0 Å². The smallest absolute Gasteiger partial charge is 0.203 e. The van der Waals surface area contributed by atoms with E-state index in [9.17, 15) is 0 Å². The van der Waals surface area contributed by atoms with Crippen molar-refractivity contribution >= 4 is 11.6 Å². The Morgan fingerprint density at radius 1 is 0.853 bits per heavy atom. The van der Waals surface area contributed by atoms with E-state index < -0.39 is 0 Å². The lowest BCUT2D eigenvalue weighted by molar-refractivity contribution is 0.324. The first-order valence-corrected chi connectivity index (χ1v) is 10.6. The lowest BCUT2D eigenvalue weighted by Crippen LogP contribution is -2.05. The summed E-state index contributed by atoms with van der Waals surface area (Å²) < 4.78 is 23.4. The Bertz CT molecular complexity index is 1250. The number of hydrogen-bond donors (Lipinski definition) is 1. The molecular formula is C25H27N5O4. The number of nitrogens with zero attached hydrogens (tertiary/aromatic N) is 4. The predicted molar refractivity (Wildman–Crippen MR) is 129 cm³/mol. The first-order chi connectivity index (χ1) is 16.5. The van der Waals surface area contributed by atoms with Crippen LogP contribution in [0.25, 0.3) is 5.69 Å². The van der Waals surface area contributed by atoms with Gasteiger partial charge in [-0.3, -0.25) is 0 Å². The summed E-state index contributed by atoms with van der Waals surface area (Å²) in [5.41, 5.74) is 2.72.